The summed E-state index contributed by atoms with van der Waals surface area (Å²) in [5.74, 6) is -1.27. The number of urea groups is 1. The van der Waals surface area contributed by atoms with Gasteiger partial charge in [-0.1, -0.05) is 42.5 Å². The summed E-state index contributed by atoms with van der Waals surface area (Å²) in [4.78, 5) is 40.4. The monoisotopic (exact) mass is 377 g/mol. The number of carbonyl (C=O) groups is 3. The van der Waals surface area contributed by atoms with Crippen LogP contribution in [0.4, 0.5) is 10.5 Å². The maximum atomic E-state index is 12.8. The second-order valence-corrected chi connectivity index (χ2v) is 6.46. The predicted molar refractivity (Wildman–Crippen MR) is 109 cm³/mol. The topological polar surface area (TPSA) is 69.7 Å². The van der Waals surface area contributed by atoms with Crippen molar-refractivity contribution in [2.24, 2.45) is 0 Å². The summed E-state index contributed by atoms with van der Waals surface area (Å²) in [6.45, 7) is 6.07. The highest BCUT2D eigenvalue weighted by molar-refractivity contribution is 6.30. The van der Waals surface area contributed by atoms with E-state index in [1.165, 1.54) is 6.08 Å². The van der Waals surface area contributed by atoms with Crippen LogP contribution in [-0.2, 0) is 16.1 Å². The first-order valence-corrected chi connectivity index (χ1v) is 9.31. The average molecular weight is 377 g/mol. The Balaban J connectivity index is 1.84. The summed E-state index contributed by atoms with van der Waals surface area (Å²) in [5.41, 5.74) is 2.56. The molecule has 1 saturated heterocycles. The first kappa shape index (κ1) is 19.4. The van der Waals surface area contributed by atoms with Gasteiger partial charge in [0.1, 0.15) is 5.57 Å². The minimum absolute atomic E-state index is 0.0499. The van der Waals surface area contributed by atoms with Crippen molar-refractivity contribution in [1.29, 1.82) is 0 Å². The fraction of sp³-hybridized carbons (Fsp3) is 0.227. The van der Waals surface area contributed by atoms with Gasteiger partial charge in [0.05, 0.1) is 6.54 Å². The Morgan fingerprint density at radius 1 is 0.929 bits per heavy atom. The molecule has 0 atom stereocenters. The number of anilines is 1. The van der Waals surface area contributed by atoms with Crippen molar-refractivity contribution in [3.63, 3.8) is 0 Å². The molecule has 3 rings (SSSR count). The van der Waals surface area contributed by atoms with Gasteiger partial charge in [0.2, 0.25) is 0 Å². The summed E-state index contributed by atoms with van der Waals surface area (Å²) in [6, 6.07) is 16.1. The number of barbiturate groups is 1. The quantitative estimate of drug-likeness (QED) is 0.620. The zero-order chi connectivity index (χ0) is 20.1. The molecule has 4 amide bonds. The van der Waals surface area contributed by atoms with Crippen molar-refractivity contribution >= 4 is 29.6 Å². The molecule has 0 aromatic heterocycles. The maximum Gasteiger partial charge on any atom is 0.331 e. The van der Waals surface area contributed by atoms with E-state index in [1.807, 2.05) is 54.6 Å². The molecule has 144 valence electrons. The van der Waals surface area contributed by atoms with Crippen molar-refractivity contribution in [3.05, 3.63) is 71.3 Å². The number of imide groups is 2. The molecule has 2 aromatic rings. The fourth-order valence-electron chi connectivity index (χ4n) is 3.14. The molecule has 1 aliphatic rings. The molecule has 6 nitrogen and oxygen atoms in total. The SMILES string of the molecule is CCN(CC)c1ccc(/C=C2/C(=O)NC(=O)N(Cc3ccccc3)C2=O)cc1. The maximum absolute atomic E-state index is 12.8. The number of nitrogens with one attached hydrogen (secondary N) is 1. The average Bonchev–Trinajstić information content (AvgIpc) is 2.71. The van der Waals surface area contributed by atoms with Crippen molar-refractivity contribution in [2.45, 2.75) is 20.4 Å². The summed E-state index contributed by atoms with van der Waals surface area (Å²) >= 11 is 0. The third-order valence-electron chi connectivity index (χ3n) is 4.70. The fourth-order valence-corrected chi connectivity index (χ4v) is 3.14. The van der Waals surface area contributed by atoms with Gasteiger partial charge < -0.3 is 4.90 Å². The van der Waals surface area contributed by atoms with Crippen LogP contribution < -0.4 is 10.2 Å². The zero-order valence-corrected chi connectivity index (χ0v) is 16.0. The largest absolute Gasteiger partial charge is 0.372 e. The van der Waals surface area contributed by atoms with E-state index in [0.717, 1.165) is 34.8 Å². The van der Waals surface area contributed by atoms with Crippen molar-refractivity contribution in [2.75, 3.05) is 18.0 Å². The second kappa shape index (κ2) is 8.52. The highest BCUT2D eigenvalue weighted by atomic mass is 16.2. The summed E-state index contributed by atoms with van der Waals surface area (Å²) < 4.78 is 0. The Bertz CT molecular complexity index is 900. The predicted octanol–water partition coefficient (Wildman–Crippen LogP) is 3.19. The molecule has 0 aliphatic carbocycles. The number of hydrogen-bond donors (Lipinski definition) is 1. The Kier molecular flexibility index (Phi) is 5.89. The molecule has 0 spiro atoms. The molecule has 0 unspecified atom stereocenters. The molecule has 0 bridgehead atoms. The Labute approximate surface area is 164 Å². The molecule has 2 aromatic carbocycles. The molecule has 1 fully saturated rings. The van der Waals surface area contributed by atoms with Gasteiger partial charge in [0, 0.05) is 18.8 Å². The second-order valence-electron chi connectivity index (χ2n) is 6.46. The number of hydrogen-bond acceptors (Lipinski definition) is 4. The van der Waals surface area contributed by atoms with E-state index in [9.17, 15) is 14.4 Å². The first-order valence-electron chi connectivity index (χ1n) is 9.31. The summed E-state index contributed by atoms with van der Waals surface area (Å²) in [5, 5.41) is 2.25. The van der Waals surface area contributed by atoms with Crippen molar-refractivity contribution in [3.8, 4) is 0 Å². The van der Waals surface area contributed by atoms with Gasteiger partial charge in [0.25, 0.3) is 11.8 Å². The third kappa shape index (κ3) is 4.11. The minimum Gasteiger partial charge on any atom is -0.372 e. The lowest BCUT2D eigenvalue weighted by atomic mass is 10.1. The number of benzene rings is 2. The van der Waals surface area contributed by atoms with E-state index in [4.69, 9.17) is 0 Å². The van der Waals surface area contributed by atoms with Crippen LogP contribution in [0, 0.1) is 0 Å². The van der Waals surface area contributed by atoms with Crippen LogP contribution in [0.2, 0.25) is 0 Å². The Morgan fingerprint density at radius 3 is 2.18 bits per heavy atom. The van der Waals surface area contributed by atoms with Gasteiger partial charge in [0.15, 0.2) is 0 Å². The Morgan fingerprint density at radius 2 is 1.57 bits per heavy atom. The smallest absolute Gasteiger partial charge is 0.331 e. The number of nitrogens with zero attached hydrogens (tertiary/aromatic N) is 2. The molecule has 0 radical (unpaired) electrons. The minimum atomic E-state index is -0.701. The van der Waals surface area contributed by atoms with E-state index in [1.54, 1.807) is 0 Å². The number of carbonyl (C=O) groups excluding carboxylic acids is 3. The van der Waals surface area contributed by atoms with Crippen LogP contribution >= 0.6 is 0 Å². The third-order valence-corrected chi connectivity index (χ3v) is 4.70. The van der Waals surface area contributed by atoms with E-state index >= 15 is 0 Å². The van der Waals surface area contributed by atoms with Gasteiger partial charge in [-0.3, -0.25) is 19.8 Å². The molecular formula is C22H23N3O3. The molecule has 1 heterocycles. The molecule has 0 saturated carbocycles. The van der Waals surface area contributed by atoms with E-state index < -0.39 is 17.8 Å². The van der Waals surface area contributed by atoms with Gasteiger partial charge in [-0.2, -0.15) is 0 Å². The van der Waals surface area contributed by atoms with Crippen molar-refractivity contribution < 1.29 is 14.4 Å². The van der Waals surface area contributed by atoms with E-state index in [0.29, 0.717) is 0 Å². The molecule has 1 aliphatic heterocycles. The normalized spacial score (nSPS) is 15.7. The number of rotatable bonds is 6. The van der Waals surface area contributed by atoms with Crippen LogP contribution in [0.3, 0.4) is 0 Å². The molecule has 6 heteroatoms. The standard InChI is InChI=1S/C22H23N3O3/c1-3-24(4-2)18-12-10-16(11-13-18)14-19-20(26)23-22(28)25(21(19)27)15-17-8-6-5-7-9-17/h5-14H,3-4,15H2,1-2H3,(H,23,26,28)/b19-14-. The van der Waals surface area contributed by atoms with Gasteiger partial charge in [-0.15, -0.1) is 0 Å². The van der Waals surface area contributed by atoms with Gasteiger partial charge in [-0.05, 0) is 43.2 Å². The lowest BCUT2D eigenvalue weighted by molar-refractivity contribution is -0.130. The summed E-state index contributed by atoms with van der Waals surface area (Å²) in [6.07, 6.45) is 1.52. The molecular weight excluding hydrogens is 354 g/mol. The lowest BCUT2D eigenvalue weighted by Crippen LogP contribution is -2.53. The van der Waals surface area contributed by atoms with Crippen LogP contribution in [0.5, 0.6) is 0 Å². The van der Waals surface area contributed by atoms with Gasteiger partial charge in [-0.25, -0.2) is 4.79 Å². The summed E-state index contributed by atoms with van der Waals surface area (Å²) in [7, 11) is 0. The molecule has 1 N–H and O–H groups in total. The van der Waals surface area contributed by atoms with Crippen LogP contribution in [0.1, 0.15) is 25.0 Å². The van der Waals surface area contributed by atoms with Crippen molar-refractivity contribution in [1.82, 2.24) is 10.2 Å². The van der Waals surface area contributed by atoms with Crippen LogP contribution in [-0.4, -0.2) is 35.8 Å². The molecule has 28 heavy (non-hydrogen) atoms. The van der Waals surface area contributed by atoms with Gasteiger partial charge >= 0.3 is 6.03 Å². The highest BCUT2D eigenvalue weighted by Crippen LogP contribution is 2.20. The zero-order valence-electron chi connectivity index (χ0n) is 16.0. The number of amides is 4. The van der Waals surface area contributed by atoms with Crippen LogP contribution in [0.25, 0.3) is 6.08 Å². The van der Waals surface area contributed by atoms with Crippen LogP contribution in [0.15, 0.2) is 60.2 Å². The Hall–Kier alpha value is -3.41. The van der Waals surface area contributed by atoms with E-state index in [-0.39, 0.29) is 12.1 Å². The first-order chi connectivity index (χ1) is 13.5. The highest BCUT2D eigenvalue weighted by Gasteiger charge is 2.35. The lowest BCUT2D eigenvalue weighted by Gasteiger charge is -2.26. The van der Waals surface area contributed by atoms with E-state index in [2.05, 4.69) is 24.1 Å².